The Morgan fingerprint density at radius 1 is 1.00 bits per heavy atom. The van der Waals surface area contributed by atoms with E-state index in [1.54, 1.807) is 0 Å². The van der Waals surface area contributed by atoms with Gasteiger partial charge >= 0.3 is 0 Å². The van der Waals surface area contributed by atoms with Crippen molar-refractivity contribution in [1.82, 2.24) is 4.90 Å². The highest BCUT2D eigenvalue weighted by atomic mass is 16.5. The first kappa shape index (κ1) is 17.0. The molecule has 24 heavy (non-hydrogen) atoms. The molecule has 0 bridgehead atoms. The SMILES string of the molecule is CC.Cc1ccc2c(c1)CC1(CCN(Cc3ccccc3)CC1)O2. The number of hydrogen-bond donors (Lipinski definition) is 0. The highest BCUT2D eigenvalue weighted by Crippen LogP contribution is 2.41. The highest BCUT2D eigenvalue weighted by molar-refractivity contribution is 5.42. The normalized spacial score (nSPS) is 18.5. The van der Waals surface area contributed by atoms with Crippen LogP contribution in [0.2, 0.25) is 0 Å². The average molecular weight is 323 g/mol. The number of aryl methyl sites for hydroxylation is 1. The van der Waals surface area contributed by atoms with E-state index in [0.29, 0.717) is 0 Å². The minimum atomic E-state index is 0.0588. The van der Waals surface area contributed by atoms with Crippen LogP contribution >= 0.6 is 0 Å². The van der Waals surface area contributed by atoms with E-state index in [1.165, 1.54) is 16.7 Å². The molecule has 2 aliphatic heterocycles. The first-order chi connectivity index (χ1) is 11.7. The predicted molar refractivity (Wildman–Crippen MR) is 101 cm³/mol. The summed E-state index contributed by atoms with van der Waals surface area (Å²) in [6.45, 7) is 9.47. The molecule has 2 nitrogen and oxygen atoms in total. The number of ether oxygens (including phenoxy) is 1. The summed E-state index contributed by atoms with van der Waals surface area (Å²) in [6, 6.07) is 17.4. The summed E-state index contributed by atoms with van der Waals surface area (Å²) in [4.78, 5) is 2.55. The van der Waals surface area contributed by atoms with Crippen LogP contribution in [0.4, 0.5) is 0 Å². The fraction of sp³-hybridized carbons (Fsp3) is 0.455. The predicted octanol–water partition coefficient (Wildman–Crippen LogP) is 4.99. The summed E-state index contributed by atoms with van der Waals surface area (Å²) in [6.07, 6.45) is 3.35. The Morgan fingerprint density at radius 3 is 2.42 bits per heavy atom. The summed E-state index contributed by atoms with van der Waals surface area (Å²) in [5, 5.41) is 0. The maximum atomic E-state index is 6.36. The molecule has 0 aliphatic carbocycles. The lowest BCUT2D eigenvalue weighted by Crippen LogP contribution is -2.46. The molecule has 0 unspecified atom stereocenters. The van der Waals surface area contributed by atoms with E-state index in [9.17, 15) is 0 Å². The van der Waals surface area contributed by atoms with Gasteiger partial charge in [0.2, 0.25) is 0 Å². The molecule has 0 N–H and O–H groups in total. The average Bonchev–Trinajstić information content (AvgIpc) is 2.97. The maximum Gasteiger partial charge on any atom is 0.123 e. The van der Waals surface area contributed by atoms with Gasteiger partial charge in [0.25, 0.3) is 0 Å². The molecule has 1 fully saturated rings. The Morgan fingerprint density at radius 2 is 1.71 bits per heavy atom. The van der Waals surface area contributed by atoms with Crippen LogP contribution in [-0.4, -0.2) is 23.6 Å². The van der Waals surface area contributed by atoms with Crippen molar-refractivity contribution in [2.75, 3.05) is 13.1 Å². The van der Waals surface area contributed by atoms with Gasteiger partial charge in [-0.1, -0.05) is 61.9 Å². The van der Waals surface area contributed by atoms with Crippen LogP contribution in [0.3, 0.4) is 0 Å². The molecule has 1 saturated heterocycles. The summed E-state index contributed by atoms with van der Waals surface area (Å²) in [5.41, 5.74) is 4.20. The zero-order valence-corrected chi connectivity index (χ0v) is 15.2. The van der Waals surface area contributed by atoms with Crippen molar-refractivity contribution >= 4 is 0 Å². The van der Waals surface area contributed by atoms with Gasteiger partial charge in [-0.15, -0.1) is 0 Å². The van der Waals surface area contributed by atoms with Crippen molar-refractivity contribution in [2.24, 2.45) is 0 Å². The second kappa shape index (κ2) is 7.40. The van der Waals surface area contributed by atoms with Crippen molar-refractivity contribution in [3.05, 3.63) is 65.2 Å². The number of fused-ring (bicyclic) bond motifs is 1. The fourth-order valence-corrected chi connectivity index (χ4v) is 3.80. The lowest BCUT2D eigenvalue weighted by Gasteiger charge is -2.38. The van der Waals surface area contributed by atoms with Crippen molar-refractivity contribution < 1.29 is 4.74 Å². The van der Waals surface area contributed by atoms with Crippen LogP contribution < -0.4 is 4.74 Å². The molecule has 1 spiro atoms. The molecule has 0 radical (unpaired) electrons. The van der Waals surface area contributed by atoms with Crippen molar-refractivity contribution in [3.8, 4) is 5.75 Å². The van der Waals surface area contributed by atoms with E-state index < -0.39 is 0 Å². The molecular weight excluding hydrogens is 294 g/mol. The van der Waals surface area contributed by atoms with E-state index >= 15 is 0 Å². The van der Waals surface area contributed by atoms with E-state index in [4.69, 9.17) is 4.74 Å². The Balaban J connectivity index is 0.000000815. The third-order valence-corrected chi connectivity index (χ3v) is 5.07. The van der Waals surface area contributed by atoms with Crippen molar-refractivity contribution in [1.29, 1.82) is 0 Å². The molecule has 2 aromatic rings. The van der Waals surface area contributed by atoms with Gasteiger partial charge in [0, 0.05) is 38.9 Å². The molecule has 0 atom stereocenters. The number of nitrogens with zero attached hydrogens (tertiary/aromatic N) is 1. The van der Waals surface area contributed by atoms with Crippen molar-refractivity contribution in [2.45, 2.75) is 52.2 Å². The second-order valence-electron chi connectivity index (χ2n) is 6.83. The molecule has 4 rings (SSSR count). The van der Waals surface area contributed by atoms with Gasteiger partial charge in [-0.2, -0.15) is 0 Å². The van der Waals surface area contributed by atoms with Crippen LogP contribution in [-0.2, 0) is 13.0 Å². The van der Waals surface area contributed by atoms with Gasteiger partial charge in [0.15, 0.2) is 0 Å². The van der Waals surface area contributed by atoms with E-state index in [1.807, 2.05) is 13.8 Å². The molecule has 2 heteroatoms. The minimum Gasteiger partial charge on any atom is -0.487 e. The van der Waals surface area contributed by atoms with E-state index in [2.05, 4.69) is 60.4 Å². The van der Waals surface area contributed by atoms with Crippen LogP contribution in [0.15, 0.2) is 48.5 Å². The topological polar surface area (TPSA) is 12.5 Å². The quantitative estimate of drug-likeness (QED) is 0.772. The maximum absolute atomic E-state index is 6.36. The lowest BCUT2D eigenvalue weighted by atomic mass is 9.87. The van der Waals surface area contributed by atoms with Gasteiger partial charge < -0.3 is 4.74 Å². The second-order valence-corrected chi connectivity index (χ2v) is 6.83. The Bertz CT molecular complexity index is 657. The smallest absolute Gasteiger partial charge is 0.123 e. The Labute approximate surface area is 146 Å². The summed E-state index contributed by atoms with van der Waals surface area (Å²) < 4.78 is 6.36. The van der Waals surface area contributed by atoms with E-state index in [0.717, 1.165) is 44.6 Å². The summed E-state index contributed by atoms with van der Waals surface area (Å²) in [7, 11) is 0. The Hall–Kier alpha value is -1.80. The third-order valence-electron chi connectivity index (χ3n) is 5.07. The number of benzene rings is 2. The Kier molecular flexibility index (Phi) is 5.25. The number of piperidine rings is 1. The minimum absolute atomic E-state index is 0.0588. The molecule has 2 aromatic carbocycles. The van der Waals surface area contributed by atoms with Crippen LogP contribution in [0, 0.1) is 6.92 Å². The fourth-order valence-electron chi connectivity index (χ4n) is 3.80. The zero-order valence-electron chi connectivity index (χ0n) is 15.2. The van der Waals surface area contributed by atoms with Gasteiger partial charge in [0.05, 0.1) is 0 Å². The summed E-state index contributed by atoms with van der Waals surface area (Å²) >= 11 is 0. The first-order valence-corrected chi connectivity index (χ1v) is 9.27. The molecule has 2 aliphatic rings. The van der Waals surface area contributed by atoms with Gasteiger partial charge in [0.1, 0.15) is 11.4 Å². The number of rotatable bonds is 2. The van der Waals surface area contributed by atoms with Gasteiger partial charge in [-0.3, -0.25) is 4.90 Å². The van der Waals surface area contributed by atoms with Gasteiger partial charge in [-0.25, -0.2) is 0 Å². The molecule has 2 heterocycles. The monoisotopic (exact) mass is 323 g/mol. The molecule has 0 saturated carbocycles. The molecular formula is C22H29NO. The number of likely N-dealkylation sites (tertiary alicyclic amines) is 1. The number of hydrogen-bond acceptors (Lipinski definition) is 2. The standard InChI is InChI=1S/C20H23NO.C2H6/c1-16-7-8-19-18(13-16)14-20(22-19)9-11-21(12-10-20)15-17-5-3-2-4-6-17;1-2/h2-8,13H,9-12,14-15H2,1H3;1-2H3. The van der Waals surface area contributed by atoms with Crippen molar-refractivity contribution in [3.63, 3.8) is 0 Å². The molecule has 0 amide bonds. The van der Waals surface area contributed by atoms with Crippen LogP contribution in [0.25, 0.3) is 0 Å². The first-order valence-electron chi connectivity index (χ1n) is 9.27. The highest BCUT2D eigenvalue weighted by Gasteiger charge is 2.41. The zero-order chi connectivity index (χ0) is 17.0. The van der Waals surface area contributed by atoms with E-state index in [-0.39, 0.29) is 5.60 Å². The molecule has 128 valence electrons. The van der Waals surface area contributed by atoms with Crippen LogP contribution in [0.5, 0.6) is 5.75 Å². The summed E-state index contributed by atoms with van der Waals surface area (Å²) in [5.74, 6) is 1.11. The van der Waals surface area contributed by atoms with Crippen LogP contribution in [0.1, 0.15) is 43.4 Å². The van der Waals surface area contributed by atoms with Gasteiger partial charge in [-0.05, 0) is 24.1 Å². The largest absolute Gasteiger partial charge is 0.487 e. The lowest BCUT2D eigenvalue weighted by molar-refractivity contribution is 0.0170. The third kappa shape index (κ3) is 3.64. The molecule has 0 aromatic heterocycles.